The fourth-order valence-corrected chi connectivity index (χ4v) is 0.385. The molecule has 0 aromatic rings. The number of allylic oxidation sites excluding steroid dienone is 3. The third-order valence-corrected chi connectivity index (χ3v) is 0.780. The summed E-state index contributed by atoms with van der Waals surface area (Å²) in [5.41, 5.74) is 0. The van der Waals surface area contributed by atoms with E-state index in [2.05, 4.69) is 0 Å². The van der Waals surface area contributed by atoms with Gasteiger partial charge in [0, 0.05) is 0 Å². The minimum Gasteiger partial charge on any atom is -0.392 e. The van der Waals surface area contributed by atoms with E-state index in [1.54, 1.807) is 6.08 Å². The Labute approximate surface area is 50.3 Å². The van der Waals surface area contributed by atoms with Gasteiger partial charge in [-0.15, -0.1) is 0 Å². The van der Waals surface area contributed by atoms with Crippen molar-refractivity contribution < 1.29 is 5.11 Å². The first-order valence-corrected chi connectivity index (χ1v) is 2.78. The van der Waals surface area contributed by atoms with Gasteiger partial charge in [-0.2, -0.15) is 0 Å². The van der Waals surface area contributed by atoms with Gasteiger partial charge >= 0.3 is 0 Å². The van der Waals surface area contributed by atoms with Crippen LogP contribution in [-0.2, 0) is 0 Å². The lowest BCUT2D eigenvalue weighted by atomic mass is 10.3. The molecule has 0 aromatic carbocycles. The van der Waals surface area contributed by atoms with E-state index < -0.39 is 0 Å². The van der Waals surface area contributed by atoms with Crippen LogP contribution in [0, 0.1) is 0 Å². The quantitative estimate of drug-likeness (QED) is 0.548. The third kappa shape index (κ3) is 5.44. The summed E-state index contributed by atoms with van der Waals surface area (Å²) in [6.45, 7) is 2.13. The number of hydrogen-bond acceptors (Lipinski definition) is 1. The van der Waals surface area contributed by atoms with Crippen molar-refractivity contribution in [1.29, 1.82) is 0 Å². The molecular formula is C7H12O. The summed E-state index contributed by atoms with van der Waals surface area (Å²) in [7, 11) is 0. The average molecular weight is 112 g/mol. The highest BCUT2D eigenvalue weighted by atomic mass is 16.2. The van der Waals surface area contributed by atoms with Gasteiger partial charge in [0.2, 0.25) is 0 Å². The topological polar surface area (TPSA) is 20.2 Å². The van der Waals surface area contributed by atoms with Crippen LogP contribution in [0.3, 0.4) is 0 Å². The van der Waals surface area contributed by atoms with E-state index in [9.17, 15) is 0 Å². The Hall–Kier alpha value is -0.560. The maximum Gasteiger partial charge on any atom is 0.0612 e. The average Bonchev–Trinajstić information content (AvgIpc) is 1.81. The van der Waals surface area contributed by atoms with Gasteiger partial charge < -0.3 is 5.11 Å². The van der Waals surface area contributed by atoms with Crippen molar-refractivity contribution in [3.8, 4) is 0 Å². The maximum atomic E-state index is 8.25. The fourth-order valence-electron chi connectivity index (χ4n) is 0.385. The lowest BCUT2D eigenvalue weighted by molar-refractivity contribution is 0.342. The molecule has 1 heteroatoms. The van der Waals surface area contributed by atoms with E-state index in [-0.39, 0.29) is 6.61 Å². The zero-order chi connectivity index (χ0) is 6.24. The molecule has 0 aliphatic rings. The summed E-state index contributed by atoms with van der Waals surface area (Å²) < 4.78 is 0. The normalized spacial score (nSPS) is 11.8. The zero-order valence-corrected chi connectivity index (χ0v) is 5.17. The van der Waals surface area contributed by atoms with Crippen molar-refractivity contribution in [2.75, 3.05) is 6.61 Å². The number of rotatable bonds is 3. The molecule has 0 aromatic heterocycles. The molecule has 0 saturated carbocycles. The van der Waals surface area contributed by atoms with Gasteiger partial charge in [0.05, 0.1) is 6.61 Å². The Morgan fingerprint density at radius 2 is 2.00 bits per heavy atom. The van der Waals surface area contributed by atoms with Crippen LogP contribution in [0.25, 0.3) is 0 Å². The van der Waals surface area contributed by atoms with Crippen molar-refractivity contribution >= 4 is 0 Å². The molecule has 1 N–H and O–H groups in total. The Morgan fingerprint density at radius 3 is 2.50 bits per heavy atom. The monoisotopic (exact) mass is 112 g/mol. The van der Waals surface area contributed by atoms with Gasteiger partial charge in [0.15, 0.2) is 0 Å². The molecule has 0 heterocycles. The molecule has 0 unspecified atom stereocenters. The standard InChI is InChI=1S/C7H12O/c1-2-3-4-5-6-7-8/h2-3,5-6,8H,4,7H2,1H3/b3-2+,6-5-. The lowest BCUT2D eigenvalue weighted by Gasteiger charge is -1.77. The number of aliphatic hydroxyl groups is 1. The summed E-state index contributed by atoms with van der Waals surface area (Å²) in [5, 5.41) is 8.25. The van der Waals surface area contributed by atoms with Crippen molar-refractivity contribution in [1.82, 2.24) is 0 Å². The summed E-state index contributed by atoms with van der Waals surface area (Å²) in [4.78, 5) is 0. The van der Waals surface area contributed by atoms with E-state index in [0.29, 0.717) is 0 Å². The molecule has 0 amide bonds. The van der Waals surface area contributed by atoms with Crippen LogP contribution in [0.5, 0.6) is 0 Å². The smallest absolute Gasteiger partial charge is 0.0612 e. The first kappa shape index (κ1) is 7.44. The highest BCUT2D eigenvalue weighted by molar-refractivity contribution is 4.90. The zero-order valence-electron chi connectivity index (χ0n) is 5.17. The Morgan fingerprint density at radius 1 is 1.25 bits per heavy atom. The Kier molecular flexibility index (Phi) is 5.99. The number of hydrogen-bond donors (Lipinski definition) is 1. The van der Waals surface area contributed by atoms with E-state index in [1.165, 1.54) is 0 Å². The van der Waals surface area contributed by atoms with E-state index >= 15 is 0 Å². The molecule has 0 radical (unpaired) electrons. The van der Waals surface area contributed by atoms with Gasteiger partial charge in [-0.1, -0.05) is 24.3 Å². The first-order valence-electron chi connectivity index (χ1n) is 2.78. The highest BCUT2D eigenvalue weighted by Gasteiger charge is 1.65. The third-order valence-electron chi connectivity index (χ3n) is 0.780. The van der Waals surface area contributed by atoms with Gasteiger partial charge in [-0.3, -0.25) is 0 Å². The van der Waals surface area contributed by atoms with Gasteiger partial charge in [0.25, 0.3) is 0 Å². The summed E-state index contributed by atoms with van der Waals surface area (Å²) in [6.07, 6.45) is 8.62. The second-order valence-corrected chi connectivity index (χ2v) is 1.46. The SMILES string of the molecule is C/C=C/C/C=C\CO. The minimum absolute atomic E-state index is 0.150. The van der Waals surface area contributed by atoms with E-state index in [1.807, 2.05) is 25.2 Å². The van der Waals surface area contributed by atoms with E-state index in [4.69, 9.17) is 5.11 Å². The molecule has 1 nitrogen and oxygen atoms in total. The molecule has 0 spiro atoms. The molecular weight excluding hydrogens is 100 g/mol. The molecule has 46 valence electrons. The number of aliphatic hydroxyl groups excluding tert-OH is 1. The van der Waals surface area contributed by atoms with Gasteiger partial charge in [-0.05, 0) is 13.3 Å². The Balaban J connectivity index is 3.03. The summed E-state index contributed by atoms with van der Waals surface area (Å²) >= 11 is 0. The molecule has 8 heavy (non-hydrogen) atoms. The van der Waals surface area contributed by atoms with Crippen molar-refractivity contribution in [2.45, 2.75) is 13.3 Å². The predicted octanol–water partition coefficient (Wildman–Crippen LogP) is 1.50. The molecule has 0 aliphatic carbocycles. The second-order valence-electron chi connectivity index (χ2n) is 1.46. The van der Waals surface area contributed by atoms with Crippen LogP contribution < -0.4 is 0 Å². The summed E-state index contributed by atoms with van der Waals surface area (Å²) in [6, 6.07) is 0. The fraction of sp³-hybridized carbons (Fsp3) is 0.429. The van der Waals surface area contributed by atoms with Crippen molar-refractivity contribution in [3.05, 3.63) is 24.3 Å². The molecule has 0 rings (SSSR count). The molecule has 0 bridgehead atoms. The van der Waals surface area contributed by atoms with Crippen molar-refractivity contribution in [2.24, 2.45) is 0 Å². The van der Waals surface area contributed by atoms with Crippen LogP contribution in [0.1, 0.15) is 13.3 Å². The van der Waals surface area contributed by atoms with Crippen LogP contribution in [0.2, 0.25) is 0 Å². The second kappa shape index (κ2) is 6.44. The van der Waals surface area contributed by atoms with Crippen LogP contribution >= 0.6 is 0 Å². The van der Waals surface area contributed by atoms with Crippen LogP contribution in [0.15, 0.2) is 24.3 Å². The first-order chi connectivity index (χ1) is 3.91. The predicted molar refractivity (Wildman–Crippen MR) is 35.7 cm³/mol. The molecule has 0 fully saturated rings. The van der Waals surface area contributed by atoms with Crippen molar-refractivity contribution in [3.63, 3.8) is 0 Å². The largest absolute Gasteiger partial charge is 0.392 e. The molecule has 0 saturated heterocycles. The van der Waals surface area contributed by atoms with Crippen LogP contribution in [0.4, 0.5) is 0 Å². The highest BCUT2D eigenvalue weighted by Crippen LogP contribution is 1.83. The van der Waals surface area contributed by atoms with Gasteiger partial charge in [-0.25, -0.2) is 0 Å². The van der Waals surface area contributed by atoms with Crippen LogP contribution in [-0.4, -0.2) is 11.7 Å². The molecule has 0 aliphatic heterocycles. The Bertz CT molecular complexity index is 82.4. The maximum absolute atomic E-state index is 8.25. The minimum atomic E-state index is 0.150. The lowest BCUT2D eigenvalue weighted by Crippen LogP contribution is -1.68. The summed E-state index contributed by atoms with van der Waals surface area (Å²) in [5.74, 6) is 0. The van der Waals surface area contributed by atoms with Gasteiger partial charge in [0.1, 0.15) is 0 Å². The van der Waals surface area contributed by atoms with E-state index in [0.717, 1.165) is 6.42 Å². The molecule has 0 atom stereocenters.